The Morgan fingerprint density at radius 2 is 0.886 bits per heavy atom. The number of aromatic nitrogens is 2. The van der Waals surface area contributed by atoms with E-state index in [2.05, 4.69) is 57.0 Å². The van der Waals surface area contributed by atoms with Crippen LogP contribution in [0.1, 0.15) is 0 Å². The molecule has 0 atom stereocenters. The zero-order valence-electron chi connectivity index (χ0n) is 18.8. The van der Waals surface area contributed by atoms with Gasteiger partial charge in [0.2, 0.25) is 0 Å². The monoisotopic (exact) mass is 633 g/mol. The molecule has 0 unspecified atom stereocenters. The van der Waals surface area contributed by atoms with Crippen molar-refractivity contribution in [1.82, 2.24) is 9.97 Å². The molecule has 2 aromatic heterocycles. The van der Waals surface area contributed by atoms with Crippen molar-refractivity contribution in [2.45, 2.75) is 0 Å². The van der Waals surface area contributed by atoms with E-state index in [4.69, 9.17) is 0 Å². The smallest absolute Gasteiger partial charge is 0.666 e. The molecular weight excluding hydrogens is 611 g/mol. The predicted octanol–water partition coefficient (Wildman–Crippen LogP) is 8.80. The first-order valence-electron chi connectivity index (χ1n) is 11.1. The first-order chi connectivity index (χ1) is 16.9. The third kappa shape index (κ3) is 5.92. The fourth-order valence-corrected chi connectivity index (χ4v) is 3.76. The fraction of sp³-hybridized carbons (Fsp3) is 0. The van der Waals surface area contributed by atoms with Crippen LogP contribution in [-0.4, -0.2) is 9.97 Å². The van der Waals surface area contributed by atoms with Gasteiger partial charge in [0.15, 0.2) is 0 Å². The second-order valence-corrected chi connectivity index (χ2v) is 7.61. The maximum Gasteiger partial charge on any atom is 2.00 e. The van der Waals surface area contributed by atoms with Crippen LogP contribution >= 0.6 is 0 Å². The summed E-state index contributed by atoms with van der Waals surface area (Å²) in [6, 6.07) is 36.2. The minimum Gasteiger partial charge on any atom is -0.666 e. The number of hydrogen-bond acceptors (Lipinski definition) is 2. The second-order valence-electron chi connectivity index (χ2n) is 7.61. The van der Waals surface area contributed by atoms with Crippen molar-refractivity contribution in [1.29, 1.82) is 0 Å². The van der Waals surface area contributed by atoms with Crippen molar-refractivity contribution in [3.63, 3.8) is 0 Å². The summed E-state index contributed by atoms with van der Waals surface area (Å²) in [5, 5.41) is 13.1. The van der Waals surface area contributed by atoms with Crippen molar-refractivity contribution in [3.8, 4) is 0 Å². The first-order valence-corrected chi connectivity index (χ1v) is 11.1. The summed E-state index contributed by atoms with van der Waals surface area (Å²) < 4.78 is 0. The van der Waals surface area contributed by atoms with Gasteiger partial charge in [-0.15, -0.1) is 11.4 Å². The molecule has 0 saturated carbocycles. The number of benzene rings is 4. The zero-order valence-corrected chi connectivity index (χ0v) is 21.1. The van der Waals surface area contributed by atoms with E-state index in [9.17, 15) is 0 Å². The number of fused-ring (bicyclic) bond motifs is 5. The minimum absolute atomic E-state index is 0. The van der Waals surface area contributed by atoms with E-state index in [0.717, 1.165) is 38.6 Å². The number of rotatable bonds is 4. The van der Waals surface area contributed by atoms with Gasteiger partial charge in [-0.3, -0.25) is 9.97 Å². The van der Waals surface area contributed by atoms with E-state index < -0.39 is 0 Å². The van der Waals surface area contributed by atoms with E-state index in [1.165, 1.54) is 5.39 Å². The second kappa shape index (κ2) is 11.9. The van der Waals surface area contributed by atoms with E-state index in [1.807, 2.05) is 85.2 Å². The Morgan fingerprint density at radius 1 is 0.457 bits per heavy atom. The van der Waals surface area contributed by atoms with E-state index in [1.54, 1.807) is 12.4 Å². The summed E-state index contributed by atoms with van der Waals surface area (Å²) in [5.41, 5.74) is 3.92. The van der Waals surface area contributed by atoms with Gasteiger partial charge in [-0.2, -0.15) is 12.4 Å². The molecule has 0 N–H and O–H groups in total. The van der Waals surface area contributed by atoms with Crippen LogP contribution in [0.4, 0.5) is 11.4 Å². The molecule has 0 fully saturated rings. The van der Waals surface area contributed by atoms with Crippen LogP contribution in [0.5, 0.6) is 0 Å². The van der Waals surface area contributed by atoms with Gasteiger partial charge in [0.1, 0.15) is 0 Å². The van der Waals surface area contributed by atoms with Gasteiger partial charge in [0, 0.05) is 28.6 Å². The molecule has 0 saturated heterocycles. The van der Waals surface area contributed by atoms with Crippen molar-refractivity contribution in [2.24, 2.45) is 0 Å². The van der Waals surface area contributed by atoms with Gasteiger partial charge in [0.25, 0.3) is 0 Å². The van der Waals surface area contributed by atoms with E-state index in [-0.39, 0.29) is 21.1 Å². The molecule has 6 rings (SSSR count). The average molecular weight is 634 g/mol. The third-order valence-electron chi connectivity index (χ3n) is 5.35. The molecule has 6 aromatic rings. The predicted molar refractivity (Wildman–Crippen MR) is 143 cm³/mol. The molecule has 4 nitrogen and oxygen atoms in total. The quantitative estimate of drug-likeness (QED) is 0.182. The Kier molecular flexibility index (Phi) is 8.21. The Morgan fingerprint density at radius 3 is 1.34 bits per heavy atom. The number of pyridine rings is 2. The molecule has 0 spiro atoms. The van der Waals surface area contributed by atoms with Gasteiger partial charge in [0.05, 0.1) is 11.0 Å². The molecule has 2 heterocycles. The SMILES string of the molecule is C(=C[N-]c1ccccc1)[N-]c1ccccc1.[Pt+2].c1cnc2c(c1)ccc1ccc3cccnc3c12. The average Bonchev–Trinajstić information content (AvgIpc) is 2.92. The van der Waals surface area contributed by atoms with Gasteiger partial charge in [-0.25, -0.2) is 0 Å². The molecule has 0 amide bonds. The zero-order chi connectivity index (χ0) is 23.0. The molecule has 0 aliphatic rings. The van der Waals surface area contributed by atoms with Gasteiger partial charge in [-0.05, 0) is 17.5 Å². The largest absolute Gasteiger partial charge is 2.00 e. The number of hydrogen-bond donors (Lipinski definition) is 0. The van der Waals surface area contributed by atoms with Crippen LogP contribution in [0.25, 0.3) is 43.2 Å². The molecule has 4 aromatic carbocycles. The van der Waals surface area contributed by atoms with Crippen LogP contribution in [0.3, 0.4) is 0 Å². The Labute approximate surface area is 219 Å². The molecule has 172 valence electrons. The first kappa shape index (κ1) is 24.1. The normalized spacial score (nSPS) is 10.5. The summed E-state index contributed by atoms with van der Waals surface area (Å²) in [4.78, 5) is 9.04. The number of para-hydroxylation sites is 2. The molecule has 5 heteroatoms. The molecule has 0 aliphatic carbocycles. The minimum atomic E-state index is 0. The van der Waals surface area contributed by atoms with Crippen LogP contribution in [-0.2, 0) is 21.1 Å². The van der Waals surface area contributed by atoms with Crippen molar-refractivity contribution in [2.75, 3.05) is 0 Å². The molecular formula is C30H22N4Pt. The van der Waals surface area contributed by atoms with Crippen molar-refractivity contribution < 1.29 is 21.1 Å². The summed E-state index contributed by atoms with van der Waals surface area (Å²) >= 11 is 0. The van der Waals surface area contributed by atoms with E-state index in [0.29, 0.717) is 0 Å². The van der Waals surface area contributed by atoms with E-state index >= 15 is 0 Å². The molecule has 0 radical (unpaired) electrons. The molecule has 35 heavy (non-hydrogen) atoms. The fourth-order valence-electron chi connectivity index (χ4n) is 3.76. The van der Waals surface area contributed by atoms with Gasteiger partial charge >= 0.3 is 21.1 Å². The molecule has 0 aliphatic heterocycles. The topological polar surface area (TPSA) is 54.0 Å². The summed E-state index contributed by atoms with van der Waals surface area (Å²) in [6.45, 7) is 0. The molecule has 0 bridgehead atoms. The van der Waals surface area contributed by atoms with Crippen LogP contribution in [0, 0.1) is 0 Å². The van der Waals surface area contributed by atoms with Crippen molar-refractivity contribution in [3.05, 3.63) is 145 Å². The maximum absolute atomic E-state index is 4.52. The summed E-state index contributed by atoms with van der Waals surface area (Å²) in [6.07, 6.45) is 7.07. The van der Waals surface area contributed by atoms with Gasteiger partial charge < -0.3 is 10.6 Å². The number of nitrogens with zero attached hydrogens (tertiary/aromatic N) is 4. The van der Waals surface area contributed by atoms with Gasteiger partial charge in [-0.1, -0.05) is 97.1 Å². The Hall–Kier alpha value is -4.01. The van der Waals surface area contributed by atoms with Crippen LogP contribution in [0.15, 0.2) is 134 Å². The standard InChI is InChI=1S/C16H10N2.C14H12N2.Pt/c1-3-12-7-5-11-6-8-13-4-2-10-18-16(13)14(11)15(12)17-9-1;1-3-7-13(8-4-1)15-11-12-16-14-9-5-2-6-10-14;/h1-10H;1-12H;/q;-2;+2. The van der Waals surface area contributed by atoms with Crippen molar-refractivity contribution >= 4 is 44.0 Å². The summed E-state index contributed by atoms with van der Waals surface area (Å²) in [7, 11) is 0. The van der Waals surface area contributed by atoms with Crippen LogP contribution < -0.4 is 0 Å². The third-order valence-corrected chi connectivity index (χ3v) is 5.35. The summed E-state index contributed by atoms with van der Waals surface area (Å²) in [5.74, 6) is 0. The maximum atomic E-state index is 4.52. The van der Waals surface area contributed by atoms with Crippen LogP contribution in [0.2, 0.25) is 0 Å². The Balaban J connectivity index is 0.000000162. The Bertz CT molecular complexity index is 1440.